The highest BCUT2D eigenvalue weighted by Crippen LogP contribution is 2.37. The van der Waals surface area contributed by atoms with Gasteiger partial charge in [-0.05, 0) is 38.7 Å². The van der Waals surface area contributed by atoms with Gasteiger partial charge in [0.15, 0.2) is 16.6 Å². The summed E-state index contributed by atoms with van der Waals surface area (Å²) in [6.45, 7) is 1.29. The Morgan fingerprint density at radius 2 is 1.88 bits per heavy atom. The molecule has 1 heterocycles. The summed E-state index contributed by atoms with van der Waals surface area (Å²) in [4.78, 5) is 32.0. The molecule has 0 saturated heterocycles. The number of carbonyl (C=O) groups excluding carboxylic acids is 1. The van der Waals surface area contributed by atoms with Crippen LogP contribution in [0.25, 0.3) is 16.3 Å². The standard InChI is InChI=1S/C23H26N4O5S/c1-25(2)11-6-12-26(22(28)10-9-16-7-5-8-17(13-16)27(29)30)23-24-18-14-19(31-3)20(32-4)15-21(18)33-23/h5,7-10,13-15H,6,11-12H2,1-4H3. The maximum Gasteiger partial charge on any atom is 0.270 e. The Kier molecular flexibility index (Phi) is 7.96. The van der Waals surface area contributed by atoms with E-state index in [1.165, 1.54) is 29.5 Å². The number of carbonyl (C=O) groups is 1. The van der Waals surface area contributed by atoms with Crippen molar-refractivity contribution >= 4 is 44.4 Å². The molecule has 2 aromatic carbocycles. The molecule has 10 heteroatoms. The van der Waals surface area contributed by atoms with Crippen molar-refractivity contribution in [2.24, 2.45) is 0 Å². The molecule has 0 spiro atoms. The zero-order valence-electron chi connectivity index (χ0n) is 19.0. The molecular formula is C23H26N4O5S. The van der Waals surface area contributed by atoms with E-state index in [-0.39, 0.29) is 11.6 Å². The fourth-order valence-corrected chi connectivity index (χ4v) is 4.21. The summed E-state index contributed by atoms with van der Waals surface area (Å²) in [7, 11) is 7.09. The van der Waals surface area contributed by atoms with E-state index in [2.05, 4.69) is 9.88 Å². The minimum atomic E-state index is -0.462. The number of fused-ring (bicyclic) bond motifs is 1. The number of nitro benzene ring substituents is 1. The van der Waals surface area contributed by atoms with Gasteiger partial charge in [-0.2, -0.15) is 0 Å². The third-order valence-electron chi connectivity index (χ3n) is 4.87. The van der Waals surface area contributed by atoms with E-state index in [4.69, 9.17) is 9.47 Å². The van der Waals surface area contributed by atoms with Crippen LogP contribution >= 0.6 is 11.3 Å². The number of anilines is 1. The van der Waals surface area contributed by atoms with Crippen molar-refractivity contribution in [2.75, 3.05) is 46.3 Å². The number of benzene rings is 2. The van der Waals surface area contributed by atoms with E-state index in [0.29, 0.717) is 34.3 Å². The maximum absolute atomic E-state index is 13.1. The normalized spacial score (nSPS) is 11.3. The fourth-order valence-electron chi connectivity index (χ4n) is 3.20. The lowest BCUT2D eigenvalue weighted by atomic mass is 10.2. The Balaban J connectivity index is 1.91. The van der Waals surface area contributed by atoms with E-state index in [1.54, 1.807) is 43.4 Å². The summed E-state index contributed by atoms with van der Waals surface area (Å²) in [6, 6.07) is 9.77. The molecule has 0 atom stereocenters. The molecule has 0 saturated carbocycles. The Morgan fingerprint density at radius 3 is 2.55 bits per heavy atom. The third-order valence-corrected chi connectivity index (χ3v) is 5.91. The second-order valence-electron chi connectivity index (χ2n) is 7.50. The molecule has 3 aromatic rings. The molecule has 33 heavy (non-hydrogen) atoms. The number of amides is 1. The predicted octanol–water partition coefficient (Wildman–Crippen LogP) is 4.22. The number of thiazole rings is 1. The van der Waals surface area contributed by atoms with Gasteiger partial charge in [-0.1, -0.05) is 23.5 Å². The van der Waals surface area contributed by atoms with Gasteiger partial charge < -0.3 is 14.4 Å². The molecule has 0 fully saturated rings. The Morgan fingerprint density at radius 1 is 1.15 bits per heavy atom. The average molecular weight is 471 g/mol. The summed E-state index contributed by atoms with van der Waals surface area (Å²) in [5.41, 5.74) is 1.26. The summed E-state index contributed by atoms with van der Waals surface area (Å²) in [5, 5.41) is 11.6. The monoisotopic (exact) mass is 470 g/mol. The second-order valence-corrected chi connectivity index (χ2v) is 8.51. The van der Waals surface area contributed by atoms with Crippen LogP contribution in [0.5, 0.6) is 11.5 Å². The van der Waals surface area contributed by atoms with Gasteiger partial charge >= 0.3 is 0 Å². The highest BCUT2D eigenvalue weighted by Gasteiger charge is 2.19. The number of rotatable bonds is 10. The predicted molar refractivity (Wildman–Crippen MR) is 130 cm³/mol. The first-order valence-electron chi connectivity index (χ1n) is 10.2. The SMILES string of the molecule is COc1cc2nc(N(CCCN(C)C)C(=O)C=Cc3cccc([N+](=O)[O-])c3)sc2cc1OC. The van der Waals surface area contributed by atoms with Crippen molar-refractivity contribution in [2.45, 2.75) is 6.42 Å². The quantitative estimate of drug-likeness (QED) is 0.249. The number of nitro groups is 1. The van der Waals surface area contributed by atoms with E-state index in [9.17, 15) is 14.9 Å². The van der Waals surface area contributed by atoms with E-state index in [0.717, 1.165) is 17.7 Å². The zero-order valence-corrected chi connectivity index (χ0v) is 19.8. The van der Waals surface area contributed by atoms with Gasteiger partial charge in [0.05, 0.1) is 29.4 Å². The van der Waals surface area contributed by atoms with Gasteiger partial charge in [-0.15, -0.1) is 0 Å². The molecule has 3 rings (SSSR count). The van der Waals surface area contributed by atoms with E-state index in [1.807, 2.05) is 20.2 Å². The molecule has 0 aliphatic rings. The minimum absolute atomic E-state index is 0.0264. The molecule has 1 aromatic heterocycles. The summed E-state index contributed by atoms with van der Waals surface area (Å²) < 4.78 is 11.6. The molecule has 0 radical (unpaired) electrons. The average Bonchev–Trinajstić information content (AvgIpc) is 3.21. The summed E-state index contributed by atoms with van der Waals surface area (Å²) in [5.74, 6) is 0.910. The molecule has 0 aliphatic heterocycles. The van der Waals surface area contributed by atoms with E-state index >= 15 is 0 Å². The topological polar surface area (TPSA) is 98.0 Å². The molecule has 0 bridgehead atoms. The number of nitrogens with zero attached hydrogens (tertiary/aromatic N) is 4. The van der Waals surface area contributed by atoms with Crippen LogP contribution < -0.4 is 14.4 Å². The maximum atomic E-state index is 13.1. The Hall–Kier alpha value is -3.50. The number of hydrogen-bond donors (Lipinski definition) is 0. The lowest BCUT2D eigenvalue weighted by molar-refractivity contribution is -0.384. The lowest BCUT2D eigenvalue weighted by Crippen LogP contribution is -2.32. The first-order valence-corrected chi connectivity index (χ1v) is 11.1. The Bertz CT molecular complexity index is 1130. The molecule has 1 amide bonds. The highest BCUT2D eigenvalue weighted by atomic mass is 32.1. The van der Waals surface area contributed by atoms with Crippen LogP contribution in [0.4, 0.5) is 10.8 Å². The number of ether oxygens (including phenoxy) is 2. The number of non-ortho nitro benzene ring substituents is 1. The van der Waals surface area contributed by atoms with Crippen LogP contribution in [0.15, 0.2) is 42.5 Å². The molecule has 0 unspecified atom stereocenters. The Labute approximate surface area is 196 Å². The molecular weight excluding hydrogens is 444 g/mol. The first kappa shape index (κ1) is 24.1. The molecule has 174 valence electrons. The van der Waals surface area contributed by atoms with Gasteiger partial charge in [-0.3, -0.25) is 19.8 Å². The van der Waals surface area contributed by atoms with Crippen LogP contribution in [0.3, 0.4) is 0 Å². The van der Waals surface area contributed by atoms with Crippen LogP contribution in [0, 0.1) is 10.1 Å². The highest BCUT2D eigenvalue weighted by molar-refractivity contribution is 7.22. The van der Waals surface area contributed by atoms with Crippen LogP contribution in [-0.4, -0.2) is 62.1 Å². The molecule has 9 nitrogen and oxygen atoms in total. The van der Waals surface area contributed by atoms with Crippen LogP contribution in [0.1, 0.15) is 12.0 Å². The van der Waals surface area contributed by atoms with Crippen LogP contribution in [0.2, 0.25) is 0 Å². The molecule has 0 aliphatic carbocycles. The van der Waals surface area contributed by atoms with Crippen molar-refractivity contribution in [3.8, 4) is 11.5 Å². The second kappa shape index (κ2) is 10.9. The van der Waals surface area contributed by atoms with Gasteiger partial charge in [0, 0.05) is 36.9 Å². The summed E-state index contributed by atoms with van der Waals surface area (Å²) >= 11 is 1.39. The van der Waals surface area contributed by atoms with Gasteiger partial charge in [0.2, 0.25) is 0 Å². The van der Waals surface area contributed by atoms with Crippen LogP contribution in [-0.2, 0) is 4.79 Å². The van der Waals surface area contributed by atoms with E-state index < -0.39 is 4.92 Å². The number of hydrogen-bond acceptors (Lipinski definition) is 8. The van der Waals surface area contributed by atoms with Crippen molar-refractivity contribution in [1.82, 2.24) is 9.88 Å². The van der Waals surface area contributed by atoms with Gasteiger partial charge in [-0.25, -0.2) is 4.98 Å². The van der Waals surface area contributed by atoms with Crippen molar-refractivity contribution < 1.29 is 19.2 Å². The van der Waals surface area contributed by atoms with Crippen molar-refractivity contribution in [3.05, 3.63) is 58.2 Å². The first-order chi connectivity index (χ1) is 15.8. The number of methoxy groups -OCH3 is 2. The smallest absolute Gasteiger partial charge is 0.270 e. The fraction of sp³-hybridized carbons (Fsp3) is 0.304. The summed E-state index contributed by atoms with van der Waals surface area (Å²) in [6.07, 6.45) is 3.75. The van der Waals surface area contributed by atoms with Crippen molar-refractivity contribution in [3.63, 3.8) is 0 Å². The molecule has 0 N–H and O–H groups in total. The van der Waals surface area contributed by atoms with Gasteiger partial charge in [0.25, 0.3) is 11.6 Å². The van der Waals surface area contributed by atoms with Gasteiger partial charge in [0.1, 0.15) is 0 Å². The zero-order chi connectivity index (χ0) is 24.0. The minimum Gasteiger partial charge on any atom is -0.493 e. The van der Waals surface area contributed by atoms with Crippen molar-refractivity contribution in [1.29, 1.82) is 0 Å². The largest absolute Gasteiger partial charge is 0.493 e. The third kappa shape index (κ3) is 6.05. The number of aromatic nitrogens is 1. The lowest BCUT2D eigenvalue weighted by Gasteiger charge is -2.19.